The molecule has 1 heterocycles. The fourth-order valence-electron chi connectivity index (χ4n) is 2.33. The summed E-state index contributed by atoms with van der Waals surface area (Å²) in [5.74, 6) is 1.56. The molecule has 0 spiro atoms. The quantitative estimate of drug-likeness (QED) is 0.788. The molecule has 2 N–H and O–H groups in total. The van der Waals surface area contributed by atoms with Gasteiger partial charge >= 0.3 is 0 Å². The number of hydrogen-bond acceptors (Lipinski definition) is 3. The van der Waals surface area contributed by atoms with E-state index >= 15 is 0 Å². The van der Waals surface area contributed by atoms with Gasteiger partial charge in [-0.1, -0.05) is 11.6 Å². The Morgan fingerprint density at radius 2 is 2.10 bits per heavy atom. The Balaban J connectivity index is 1.48. The molecule has 0 bridgehead atoms. The fraction of sp³-hybridized carbons (Fsp3) is 0.471. The van der Waals surface area contributed by atoms with Crippen molar-refractivity contribution in [1.29, 1.82) is 0 Å². The minimum Gasteiger partial charge on any atom is -0.493 e. The highest BCUT2D eigenvalue weighted by Gasteiger charge is 2.21. The van der Waals surface area contributed by atoms with Gasteiger partial charge in [0.2, 0.25) is 0 Å². The van der Waals surface area contributed by atoms with Crippen LogP contribution in [-0.4, -0.2) is 32.1 Å². The zero-order chi connectivity index (χ0) is 14.5. The molecule has 1 amide bonds. The molecule has 0 unspecified atom stereocenters. The first kappa shape index (κ1) is 14.1. The van der Waals surface area contributed by atoms with Crippen molar-refractivity contribution in [1.82, 2.24) is 10.6 Å². The monoisotopic (exact) mass is 286 g/mol. The molecule has 0 saturated heterocycles. The molecule has 1 aliphatic carbocycles. The second-order valence-corrected chi connectivity index (χ2v) is 5.78. The van der Waals surface area contributed by atoms with Gasteiger partial charge in [0.05, 0.1) is 6.61 Å². The van der Waals surface area contributed by atoms with E-state index in [1.54, 1.807) is 0 Å². The van der Waals surface area contributed by atoms with Crippen LogP contribution in [0.5, 0.6) is 5.75 Å². The van der Waals surface area contributed by atoms with Gasteiger partial charge < -0.3 is 15.4 Å². The van der Waals surface area contributed by atoms with Crippen LogP contribution in [0.4, 0.5) is 0 Å². The molecule has 4 heteroatoms. The SMILES string of the molecule is O=C(NCC1=CCNCC1)c1ccc(OCC2CC2)cc1. The Labute approximate surface area is 125 Å². The Bertz CT molecular complexity index is 518. The highest BCUT2D eigenvalue weighted by Crippen LogP contribution is 2.29. The van der Waals surface area contributed by atoms with E-state index in [2.05, 4.69) is 16.7 Å². The number of benzene rings is 1. The summed E-state index contributed by atoms with van der Waals surface area (Å²) in [6.07, 6.45) is 5.73. The average Bonchev–Trinajstić information content (AvgIpc) is 3.36. The Hall–Kier alpha value is -1.81. The largest absolute Gasteiger partial charge is 0.493 e. The normalized spacial score (nSPS) is 18.0. The summed E-state index contributed by atoms with van der Waals surface area (Å²) in [5, 5.41) is 6.23. The van der Waals surface area contributed by atoms with Crippen LogP contribution in [0.2, 0.25) is 0 Å². The molecule has 3 rings (SSSR count). The van der Waals surface area contributed by atoms with E-state index < -0.39 is 0 Å². The number of carbonyl (C=O) groups excluding carboxylic acids is 1. The van der Waals surface area contributed by atoms with Crippen molar-refractivity contribution in [2.45, 2.75) is 19.3 Å². The topological polar surface area (TPSA) is 50.4 Å². The lowest BCUT2D eigenvalue weighted by Gasteiger charge is -2.14. The van der Waals surface area contributed by atoms with Gasteiger partial charge in [-0.15, -0.1) is 0 Å². The van der Waals surface area contributed by atoms with Crippen LogP contribution in [0.1, 0.15) is 29.6 Å². The van der Waals surface area contributed by atoms with Crippen LogP contribution in [-0.2, 0) is 0 Å². The van der Waals surface area contributed by atoms with Gasteiger partial charge in [0.15, 0.2) is 0 Å². The van der Waals surface area contributed by atoms with Gasteiger partial charge in [-0.2, -0.15) is 0 Å². The zero-order valence-electron chi connectivity index (χ0n) is 12.2. The Morgan fingerprint density at radius 1 is 1.29 bits per heavy atom. The van der Waals surface area contributed by atoms with Crippen LogP contribution >= 0.6 is 0 Å². The van der Waals surface area contributed by atoms with E-state index in [9.17, 15) is 4.79 Å². The number of nitrogens with one attached hydrogen (secondary N) is 2. The summed E-state index contributed by atoms with van der Waals surface area (Å²) < 4.78 is 5.67. The molecule has 112 valence electrons. The van der Waals surface area contributed by atoms with Gasteiger partial charge in [-0.3, -0.25) is 4.79 Å². The van der Waals surface area contributed by atoms with Crippen molar-refractivity contribution in [2.24, 2.45) is 5.92 Å². The number of ether oxygens (including phenoxy) is 1. The maximum atomic E-state index is 12.1. The summed E-state index contributed by atoms with van der Waals surface area (Å²) in [5.41, 5.74) is 1.98. The maximum absolute atomic E-state index is 12.1. The molecule has 1 aliphatic heterocycles. The van der Waals surface area contributed by atoms with Crippen LogP contribution in [0.3, 0.4) is 0 Å². The van der Waals surface area contributed by atoms with E-state index in [1.807, 2.05) is 24.3 Å². The molecule has 4 nitrogen and oxygen atoms in total. The van der Waals surface area contributed by atoms with Gasteiger partial charge in [0.25, 0.3) is 5.91 Å². The van der Waals surface area contributed by atoms with E-state index in [4.69, 9.17) is 4.74 Å². The molecule has 1 aromatic carbocycles. The van der Waals surface area contributed by atoms with E-state index in [0.29, 0.717) is 12.1 Å². The first-order valence-corrected chi connectivity index (χ1v) is 7.71. The van der Waals surface area contributed by atoms with Crippen molar-refractivity contribution in [3.63, 3.8) is 0 Å². The van der Waals surface area contributed by atoms with Crippen molar-refractivity contribution in [3.05, 3.63) is 41.5 Å². The number of rotatable bonds is 6. The smallest absolute Gasteiger partial charge is 0.251 e. The van der Waals surface area contributed by atoms with E-state index in [1.165, 1.54) is 18.4 Å². The third-order valence-corrected chi connectivity index (χ3v) is 3.93. The molecular formula is C17H22N2O2. The highest BCUT2D eigenvalue weighted by atomic mass is 16.5. The Morgan fingerprint density at radius 3 is 2.76 bits per heavy atom. The standard InChI is InChI=1S/C17H22N2O2/c20-17(19-11-13-7-9-18-10-8-13)15-3-5-16(6-4-15)21-12-14-1-2-14/h3-7,14,18H,1-2,8-12H2,(H,19,20). The van der Waals surface area contributed by atoms with Crippen molar-refractivity contribution in [3.8, 4) is 5.75 Å². The first-order valence-electron chi connectivity index (χ1n) is 7.71. The van der Waals surface area contributed by atoms with Crippen molar-refractivity contribution in [2.75, 3.05) is 26.2 Å². The molecule has 2 aliphatic rings. The number of carbonyl (C=O) groups is 1. The number of amides is 1. The van der Waals surface area contributed by atoms with E-state index in [0.717, 1.165) is 37.8 Å². The molecule has 1 saturated carbocycles. The van der Waals surface area contributed by atoms with Gasteiger partial charge in [0.1, 0.15) is 5.75 Å². The third-order valence-electron chi connectivity index (χ3n) is 3.93. The first-order chi connectivity index (χ1) is 10.3. The lowest BCUT2D eigenvalue weighted by molar-refractivity contribution is 0.0956. The minimum absolute atomic E-state index is 0.0248. The number of hydrogen-bond donors (Lipinski definition) is 2. The predicted octanol–water partition coefficient (Wildman–Crippen LogP) is 2.12. The van der Waals surface area contributed by atoms with Gasteiger partial charge in [-0.25, -0.2) is 0 Å². The second-order valence-electron chi connectivity index (χ2n) is 5.78. The van der Waals surface area contributed by atoms with Gasteiger partial charge in [0, 0.05) is 18.7 Å². The summed E-state index contributed by atoms with van der Waals surface area (Å²) in [6.45, 7) is 3.33. The van der Waals surface area contributed by atoms with Crippen LogP contribution < -0.4 is 15.4 Å². The molecule has 0 radical (unpaired) electrons. The second kappa shape index (κ2) is 6.76. The summed E-state index contributed by atoms with van der Waals surface area (Å²) in [6, 6.07) is 7.41. The van der Waals surface area contributed by atoms with Gasteiger partial charge in [-0.05, 0) is 56.0 Å². The molecular weight excluding hydrogens is 264 g/mol. The summed E-state index contributed by atoms with van der Waals surface area (Å²) in [4.78, 5) is 12.1. The molecule has 0 aromatic heterocycles. The fourth-order valence-corrected chi connectivity index (χ4v) is 2.33. The van der Waals surface area contributed by atoms with Crippen molar-refractivity contribution >= 4 is 5.91 Å². The lowest BCUT2D eigenvalue weighted by Crippen LogP contribution is -2.29. The average molecular weight is 286 g/mol. The maximum Gasteiger partial charge on any atom is 0.251 e. The van der Waals surface area contributed by atoms with E-state index in [-0.39, 0.29) is 5.91 Å². The Kier molecular flexibility index (Phi) is 4.55. The lowest BCUT2D eigenvalue weighted by atomic mass is 10.1. The molecule has 1 fully saturated rings. The van der Waals surface area contributed by atoms with Crippen LogP contribution in [0, 0.1) is 5.92 Å². The van der Waals surface area contributed by atoms with Crippen molar-refractivity contribution < 1.29 is 9.53 Å². The minimum atomic E-state index is -0.0248. The summed E-state index contributed by atoms with van der Waals surface area (Å²) in [7, 11) is 0. The summed E-state index contributed by atoms with van der Waals surface area (Å²) >= 11 is 0. The van der Waals surface area contributed by atoms with Crippen LogP contribution in [0.15, 0.2) is 35.9 Å². The molecule has 21 heavy (non-hydrogen) atoms. The third kappa shape index (κ3) is 4.33. The molecule has 0 atom stereocenters. The predicted molar refractivity (Wildman–Crippen MR) is 82.6 cm³/mol. The zero-order valence-corrected chi connectivity index (χ0v) is 12.2. The highest BCUT2D eigenvalue weighted by molar-refractivity contribution is 5.94. The van der Waals surface area contributed by atoms with Crippen LogP contribution in [0.25, 0.3) is 0 Å². The molecule has 1 aromatic rings.